The predicted molar refractivity (Wildman–Crippen MR) is 80.1 cm³/mol. The lowest BCUT2D eigenvalue weighted by molar-refractivity contribution is 0.0739. The molecule has 18 heavy (non-hydrogen) atoms. The third-order valence-electron chi connectivity index (χ3n) is 3.06. The molecule has 0 fully saturated rings. The molecule has 0 aliphatic rings. The Kier molecular flexibility index (Phi) is 6.05. The van der Waals surface area contributed by atoms with Gasteiger partial charge in [0.25, 0.3) is 5.91 Å². The van der Waals surface area contributed by atoms with Crippen LogP contribution in [0, 0.1) is 15.3 Å². The number of nitrogens with zero attached hydrogens (tertiary/aromatic N) is 1. The Hall–Kier alpha value is -0.650. The molecule has 1 aromatic rings. The molecule has 1 aromatic carbocycles. The summed E-state index contributed by atoms with van der Waals surface area (Å²) in [6.45, 7) is 7.64. The second kappa shape index (κ2) is 7.07. The van der Waals surface area contributed by atoms with E-state index in [0.29, 0.717) is 21.6 Å². The van der Waals surface area contributed by atoms with E-state index in [-0.39, 0.29) is 11.7 Å². The largest absolute Gasteiger partial charge is 0.339 e. The van der Waals surface area contributed by atoms with Gasteiger partial charge in [-0.05, 0) is 53.6 Å². The van der Waals surface area contributed by atoms with Crippen LogP contribution in [0.5, 0.6) is 0 Å². The van der Waals surface area contributed by atoms with E-state index >= 15 is 0 Å². The maximum atomic E-state index is 13.0. The Balaban J connectivity index is 2.89. The summed E-state index contributed by atoms with van der Waals surface area (Å²) < 4.78 is 13.7. The monoisotopic (exact) mass is 363 g/mol. The topological polar surface area (TPSA) is 20.3 Å². The quantitative estimate of drug-likeness (QED) is 0.726. The Labute approximate surface area is 122 Å². The van der Waals surface area contributed by atoms with Gasteiger partial charge in [0.1, 0.15) is 5.82 Å². The summed E-state index contributed by atoms with van der Waals surface area (Å²) in [4.78, 5) is 14.2. The fourth-order valence-corrected chi connectivity index (χ4v) is 2.40. The smallest absolute Gasteiger partial charge is 0.254 e. The van der Waals surface area contributed by atoms with Crippen LogP contribution in [0.4, 0.5) is 4.39 Å². The van der Waals surface area contributed by atoms with Gasteiger partial charge in [0, 0.05) is 16.7 Å². The molecule has 1 unspecified atom stereocenters. The third-order valence-corrected chi connectivity index (χ3v) is 3.95. The first-order valence-corrected chi connectivity index (χ1v) is 7.31. The van der Waals surface area contributed by atoms with Crippen LogP contribution in [0.15, 0.2) is 18.2 Å². The highest BCUT2D eigenvalue weighted by Crippen LogP contribution is 2.17. The van der Waals surface area contributed by atoms with Crippen molar-refractivity contribution in [3.63, 3.8) is 0 Å². The fourth-order valence-electron chi connectivity index (χ4n) is 1.69. The molecule has 0 saturated heterocycles. The fraction of sp³-hybridized carbons (Fsp3) is 0.500. The lowest BCUT2D eigenvalue weighted by Gasteiger charge is -2.24. The number of rotatable bonds is 5. The molecule has 0 aliphatic carbocycles. The molecule has 4 heteroatoms. The average Bonchev–Trinajstić information content (AvgIpc) is 2.34. The van der Waals surface area contributed by atoms with E-state index in [0.717, 1.165) is 13.0 Å². The first-order chi connectivity index (χ1) is 8.49. The van der Waals surface area contributed by atoms with Crippen molar-refractivity contribution in [2.75, 3.05) is 13.1 Å². The SMILES string of the molecule is CCC(C)CN(CC)C(=O)c1ccc(F)cc1I. The normalized spacial score (nSPS) is 12.3. The number of carbonyl (C=O) groups is 1. The molecular formula is C14H19FINO. The van der Waals surface area contributed by atoms with Gasteiger partial charge in [-0.2, -0.15) is 0 Å². The van der Waals surface area contributed by atoms with Crippen LogP contribution in [0.1, 0.15) is 37.6 Å². The zero-order valence-corrected chi connectivity index (χ0v) is 13.2. The van der Waals surface area contributed by atoms with E-state index in [9.17, 15) is 9.18 Å². The molecule has 0 radical (unpaired) electrons. The summed E-state index contributed by atoms with van der Waals surface area (Å²) in [5.41, 5.74) is 0.585. The van der Waals surface area contributed by atoms with Crippen LogP contribution in [0.2, 0.25) is 0 Å². The minimum absolute atomic E-state index is 0.0119. The van der Waals surface area contributed by atoms with Crippen molar-refractivity contribution in [2.45, 2.75) is 27.2 Å². The van der Waals surface area contributed by atoms with Gasteiger partial charge in [-0.3, -0.25) is 4.79 Å². The van der Waals surface area contributed by atoms with Crippen molar-refractivity contribution >= 4 is 28.5 Å². The number of hydrogen-bond donors (Lipinski definition) is 0. The first-order valence-electron chi connectivity index (χ1n) is 6.23. The van der Waals surface area contributed by atoms with Gasteiger partial charge < -0.3 is 4.90 Å². The van der Waals surface area contributed by atoms with Gasteiger partial charge in [-0.15, -0.1) is 0 Å². The number of benzene rings is 1. The molecule has 100 valence electrons. The van der Waals surface area contributed by atoms with E-state index in [1.165, 1.54) is 12.1 Å². The lowest BCUT2D eigenvalue weighted by Crippen LogP contribution is -2.35. The predicted octanol–water partition coefficient (Wildman–Crippen LogP) is 3.94. The minimum atomic E-state index is -0.305. The molecule has 1 rings (SSSR count). The summed E-state index contributed by atoms with van der Waals surface area (Å²) >= 11 is 2.01. The van der Waals surface area contributed by atoms with Crippen molar-refractivity contribution in [2.24, 2.45) is 5.92 Å². The van der Waals surface area contributed by atoms with Crippen LogP contribution in [-0.4, -0.2) is 23.9 Å². The number of amides is 1. The number of halogens is 2. The Morgan fingerprint density at radius 2 is 2.11 bits per heavy atom. The number of carbonyl (C=O) groups excluding carboxylic acids is 1. The van der Waals surface area contributed by atoms with Crippen molar-refractivity contribution in [1.29, 1.82) is 0 Å². The molecule has 0 N–H and O–H groups in total. The van der Waals surface area contributed by atoms with Gasteiger partial charge >= 0.3 is 0 Å². The Bertz CT molecular complexity index is 422. The highest BCUT2D eigenvalue weighted by molar-refractivity contribution is 14.1. The van der Waals surface area contributed by atoms with Crippen LogP contribution in [0.25, 0.3) is 0 Å². The summed E-state index contributed by atoms with van der Waals surface area (Å²) in [7, 11) is 0. The van der Waals surface area contributed by atoms with E-state index in [1.54, 1.807) is 6.07 Å². The lowest BCUT2D eigenvalue weighted by atomic mass is 10.1. The molecule has 0 heterocycles. The molecule has 1 atom stereocenters. The first kappa shape index (κ1) is 15.4. The van der Waals surface area contributed by atoms with E-state index in [2.05, 4.69) is 13.8 Å². The summed E-state index contributed by atoms with van der Waals surface area (Å²) in [5, 5.41) is 0. The van der Waals surface area contributed by atoms with E-state index < -0.39 is 0 Å². The molecule has 1 amide bonds. The average molecular weight is 363 g/mol. The molecule has 0 spiro atoms. The second-order valence-corrected chi connectivity index (χ2v) is 5.64. The zero-order valence-electron chi connectivity index (χ0n) is 11.0. The van der Waals surface area contributed by atoms with Gasteiger partial charge in [0.05, 0.1) is 5.56 Å². The van der Waals surface area contributed by atoms with Gasteiger partial charge in [0.2, 0.25) is 0 Å². The van der Waals surface area contributed by atoms with Crippen LogP contribution < -0.4 is 0 Å². The number of hydrogen-bond acceptors (Lipinski definition) is 1. The molecule has 2 nitrogen and oxygen atoms in total. The summed E-state index contributed by atoms with van der Waals surface area (Å²) in [6, 6.07) is 4.30. The van der Waals surface area contributed by atoms with E-state index in [1.807, 2.05) is 34.4 Å². The highest BCUT2D eigenvalue weighted by atomic mass is 127. The van der Waals surface area contributed by atoms with Crippen molar-refractivity contribution in [3.8, 4) is 0 Å². The molecule has 0 aliphatic heterocycles. The second-order valence-electron chi connectivity index (χ2n) is 4.48. The minimum Gasteiger partial charge on any atom is -0.339 e. The Morgan fingerprint density at radius 3 is 2.61 bits per heavy atom. The van der Waals surface area contributed by atoms with Gasteiger partial charge in [-0.1, -0.05) is 20.3 Å². The van der Waals surface area contributed by atoms with E-state index in [4.69, 9.17) is 0 Å². The van der Waals surface area contributed by atoms with Gasteiger partial charge in [-0.25, -0.2) is 4.39 Å². The van der Waals surface area contributed by atoms with Gasteiger partial charge in [0.15, 0.2) is 0 Å². The zero-order chi connectivity index (χ0) is 13.7. The molecule has 0 saturated carbocycles. The van der Waals surface area contributed by atoms with Crippen LogP contribution >= 0.6 is 22.6 Å². The molecule has 0 aromatic heterocycles. The van der Waals surface area contributed by atoms with Crippen molar-refractivity contribution < 1.29 is 9.18 Å². The highest BCUT2D eigenvalue weighted by Gasteiger charge is 2.18. The summed E-state index contributed by atoms with van der Waals surface area (Å²) in [5.74, 6) is 0.162. The molecule has 0 bridgehead atoms. The van der Waals surface area contributed by atoms with Crippen molar-refractivity contribution in [1.82, 2.24) is 4.90 Å². The maximum Gasteiger partial charge on any atom is 0.254 e. The van der Waals surface area contributed by atoms with Crippen LogP contribution in [-0.2, 0) is 0 Å². The Morgan fingerprint density at radius 1 is 1.44 bits per heavy atom. The standard InChI is InChI=1S/C14H19FINO/c1-4-10(3)9-17(5-2)14(18)12-7-6-11(15)8-13(12)16/h6-8,10H,4-5,9H2,1-3H3. The summed E-state index contributed by atoms with van der Waals surface area (Å²) in [6.07, 6.45) is 1.05. The maximum absolute atomic E-state index is 13.0. The third kappa shape index (κ3) is 3.93. The van der Waals surface area contributed by atoms with Crippen molar-refractivity contribution in [3.05, 3.63) is 33.1 Å². The molecular weight excluding hydrogens is 344 g/mol. The van der Waals surface area contributed by atoms with Crippen LogP contribution in [0.3, 0.4) is 0 Å².